The summed E-state index contributed by atoms with van der Waals surface area (Å²) in [4.78, 5) is 7.27. The fraction of sp³-hybridized carbons (Fsp3) is 0.182. The molecular formula is C11H13N3. The van der Waals surface area contributed by atoms with E-state index in [1.165, 1.54) is 11.1 Å². The normalized spacial score (nSPS) is 10.1. The van der Waals surface area contributed by atoms with E-state index in [0.717, 1.165) is 12.4 Å². The molecule has 0 aliphatic rings. The predicted octanol–water partition coefficient (Wildman–Crippen LogP) is 2.33. The summed E-state index contributed by atoms with van der Waals surface area (Å²) in [7, 11) is 0. The Morgan fingerprint density at radius 1 is 1.36 bits per heavy atom. The molecule has 0 unspecified atom stereocenters. The standard InChI is InChI=1S/C11H13N3/c1-9-2-3-11(13-6-9)14-8-10-4-5-12-7-10/h2-7,12H,8H2,1H3,(H,13,14). The Bertz CT molecular complexity index is 375. The molecule has 0 aliphatic carbocycles. The van der Waals surface area contributed by atoms with Crippen LogP contribution >= 0.6 is 0 Å². The minimum atomic E-state index is 0.805. The number of H-pyrrole nitrogens is 1. The second-order valence-corrected chi connectivity index (χ2v) is 3.29. The molecule has 0 saturated heterocycles. The number of anilines is 1. The van der Waals surface area contributed by atoms with Crippen molar-refractivity contribution in [2.24, 2.45) is 0 Å². The molecule has 0 bridgehead atoms. The second-order valence-electron chi connectivity index (χ2n) is 3.29. The molecule has 0 saturated carbocycles. The molecule has 2 rings (SSSR count). The van der Waals surface area contributed by atoms with Crippen molar-refractivity contribution in [1.29, 1.82) is 0 Å². The zero-order valence-corrected chi connectivity index (χ0v) is 8.12. The maximum Gasteiger partial charge on any atom is 0.126 e. The molecule has 0 fully saturated rings. The van der Waals surface area contributed by atoms with Gasteiger partial charge in [0.15, 0.2) is 0 Å². The van der Waals surface area contributed by atoms with Crippen molar-refractivity contribution in [2.75, 3.05) is 5.32 Å². The largest absolute Gasteiger partial charge is 0.367 e. The van der Waals surface area contributed by atoms with Crippen LogP contribution in [0.5, 0.6) is 0 Å². The smallest absolute Gasteiger partial charge is 0.126 e. The lowest BCUT2D eigenvalue weighted by Gasteiger charge is -2.03. The van der Waals surface area contributed by atoms with Gasteiger partial charge in [-0.25, -0.2) is 4.98 Å². The molecule has 0 radical (unpaired) electrons. The highest BCUT2D eigenvalue weighted by Crippen LogP contribution is 2.06. The van der Waals surface area contributed by atoms with Crippen LogP contribution < -0.4 is 5.32 Å². The Balaban J connectivity index is 1.95. The van der Waals surface area contributed by atoms with Crippen LogP contribution in [0.2, 0.25) is 0 Å². The van der Waals surface area contributed by atoms with Gasteiger partial charge in [0.1, 0.15) is 5.82 Å². The molecule has 0 atom stereocenters. The molecule has 3 nitrogen and oxygen atoms in total. The summed E-state index contributed by atoms with van der Waals surface area (Å²) < 4.78 is 0. The molecule has 0 aliphatic heterocycles. The lowest BCUT2D eigenvalue weighted by molar-refractivity contribution is 1.11. The third-order valence-electron chi connectivity index (χ3n) is 2.05. The summed E-state index contributed by atoms with van der Waals surface area (Å²) in [5, 5.41) is 3.24. The van der Waals surface area contributed by atoms with Crippen LogP contribution in [0, 0.1) is 6.92 Å². The number of nitrogens with one attached hydrogen (secondary N) is 2. The van der Waals surface area contributed by atoms with Gasteiger partial charge in [-0.05, 0) is 30.2 Å². The summed E-state index contributed by atoms with van der Waals surface area (Å²) in [5.74, 6) is 0.914. The Hall–Kier alpha value is -1.77. The molecule has 0 aromatic carbocycles. The van der Waals surface area contributed by atoms with Gasteiger partial charge in [0.25, 0.3) is 0 Å². The van der Waals surface area contributed by atoms with Gasteiger partial charge in [-0.3, -0.25) is 0 Å². The van der Waals surface area contributed by atoms with Crippen LogP contribution in [-0.2, 0) is 6.54 Å². The lowest BCUT2D eigenvalue weighted by atomic mass is 10.3. The number of nitrogens with zero attached hydrogens (tertiary/aromatic N) is 1. The number of rotatable bonds is 3. The third-order valence-corrected chi connectivity index (χ3v) is 2.05. The van der Waals surface area contributed by atoms with E-state index in [9.17, 15) is 0 Å². The van der Waals surface area contributed by atoms with Crippen LogP contribution in [0.4, 0.5) is 5.82 Å². The first-order valence-electron chi connectivity index (χ1n) is 4.63. The van der Waals surface area contributed by atoms with Gasteiger partial charge in [-0.2, -0.15) is 0 Å². The first-order chi connectivity index (χ1) is 6.84. The molecule has 0 amide bonds. The molecule has 2 N–H and O–H groups in total. The van der Waals surface area contributed by atoms with Crippen LogP contribution in [0.25, 0.3) is 0 Å². The number of aryl methyl sites for hydroxylation is 1. The highest BCUT2D eigenvalue weighted by molar-refractivity contribution is 5.36. The van der Waals surface area contributed by atoms with Crippen LogP contribution in [-0.4, -0.2) is 9.97 Å². The quantitative estimate of drug-likeness (QED) is 0.774. The number of hydrogen-bond donors (Lipinski definition) is 2. The van der Waals surface area contributed by atoms with Crippen molar-refractivity contribution < 1.29 is 0 Å². The number of hydrogen-bond acceptors (Lipinski definition) is 2. The SMILES string of the molecule is Cc1ccc(NCc2cc[nH]c2)nc1. The lowest BCUT2D eigenvalue weighted by Crippen LogP contribution is -1.99. The van der Waals surface area contributed by atoms with Crippen molar-refractivity contribution in [3.63, 3.8) is 0 Å². The maximum atomic E-state index is 4.26. The molecule has 0 spiro atoms. The fourth-order valence-corrected chi connectivity index (χ4v) is 1.23. The van der Waals surface area contributed by atoms with E-state index in [1.807, 2.05) is 43.7 Å². The zero-order chi connectivity index (χ0) is 9.80. The van der Waals surface area contributed by atoms with Crippen LogP contribution in [0.1, 0.15) is 11.1 Å². The van der Waals surface area contributed by atoms with Crippen molar-refractivity contribution in [3.05, 3.63) is 47.9 Å². The summed E-state index contributed by atoms with van der Waals surface area (Å²) in [6.45, 7) is 2.84. The van der Waals surface area contributed by atoms with E-state index in [2.05, 4.69) is 15.3 Å². The highest BCUT2D eigenvalue weighted by atomic mass is 15.0. The summed E-state index contributed by atoms with van der Waals surface area (Å²) in [6, 6.07) is 6.08. The minimum Gasteiger partial charge on any atom is -0.367 e. The minimum absolute atomic E-state index is 0.805. The topological polar surface area (TPSA) is 40.7 Å². The van der Waals surface area contributed by atoms with E-state index in [-0.39, 0.29) is 0 Å². The van der Waals surface area contributed by atoms with E-state index < -0.39 is 0 Å². The molecule has 14 heavy (non-hydrogen) atoms. The van der Waals surface area contributed by atoms with Crippen LogP contribution in [0.15, 0.2) is 36.8 Å². The predicted molar refractivity (Wildman–Crippen MR) is 57.1 cm³/mol. The average molecular weight is 187 g/mol. The van der Waals surface area contributed by atoms with E-state index in [0.29, 0.717) is 0 Å². The Morgan fingerprint density at radius 2 is 2.29 bits per heavy atom. The fourth-order valence-electron chi connectivity index (χ4n) is 1.23. The van der Waals surface area contributed by atoms with E-state index in [4.69, 9.17) is 0 Å². The van der Waals surface area contributed by atoms with Crippen molar-refractivity contribution in [2.45, 2.75) is 13.5 Å². The Labute approximate surface area is 83.2 Å². The van der Waals surface area contributed by atoms with Gasteiger partial charge >= 0.3 is 0 Å². The Kier molecular flexibility index (Phi) is 2.49. The molecule has 2 aromatic rings. The van der Waals surface area contributed by atoms with Crippen molar-refractivity contribution in [1.82, 2.24) is 9.97 Å². The monoisotopic (exact) mass is 187 g/mol. The molecule has 2 aromatic heterocycles. The first-order valence-corrected chi connectivity index (χ1v) is 4.63. The second kappa shape index (κ2) is 3.96. The number of aromatic nitrogens is 2. The molecule has 3 heteroatoms. The van der Waals surface area contributed by atoms with Crippen molar-refractivity contribution in [3.8, 4) is 0 Å². The van der Waals surface area contributed by atoms with Gasteiger partial charge in [-0.15, -0.1) is 0 Å². The summed E-state index contributed by atoms with van der Waals surface area (Å²) in [6.07, 6.45) is 5.75. The van der Waals surface area contributed by atoms with Crippen molar-refractivity contribution >= 4 is 5.82 Å². The maximum absolute atomic E-state index is 4.26. The zero-order valence-electron chi connectivity index (χ0n) is 8.12. The summed E-state index contributed by atoms with van der Waals surface area (Å²) >= 11 is 0. The van der Waals surface area contributed by atoms with Gasteiger partial charge < -0.3 is 10.3 Å². The van der Waals surface area contributed by atoms with Gasteiger partial charge in [0.05, 0.1) is 0 Å². The average Bonchev–Trinajstić information content (AvgIpc) is 2.70. The van der Waals surface area contributed by atoms with E-state index >= 15 is 0 Å². The van der Waals surface area contributed by atoms with Gasteiger partial charge in [-0.1, -0.05) is 6.07 Å². The van der Waals surface area contributed by atoms with Crippen LogP contribution in [0.3, 0.4) is 0 Å². The summed E-state index contributed by atoms with van der Waals surface area (Å²) in [5.41, 5.74) is 2.41. The molecular weight excluding hydrogens is 174 g/mol. The third kappa shape index (κ3) is 2.13. The van der Waals surface area contributed by atoms with E-state index in [1.54, 1.807) is 0 Å². The molecule has 2 heterocycles. The molecule has 72 valence electrons. The van der Waals surface area contributed by atoms with Gasteiger partial charge in [0, 0.05) is 25.1 Å². The first kappa shape index (κ1) is 8.81. The number of aromatic amines is 1. The Morgan fingerprint density at radius 3 is 2.93 bits per heavy atom. The number of pyridine rings is 1. The highest BCUT2D eigenvalue weighted by Gasteiger charge is 1.94. The van der Waals surface area contributed by atoms with Gasteiger partial charge in [0.2, 0.25) is 0 Å².